The van der Waals surface area contributed by atoms with Crippen LogP contribution in [0, 0.1) is 17.5 Å². The minimum Gasteiger partial charge on any atom is -0.483 e. The van der Waals surface area contributed by atoms with Crippen molar-refractivity contribution < 1.29 is 63.0 Å². The van der Waals surface area contributed by atoms with E-state index in [4.69, 9.17) is 14.6 Å². The molecule has 3 aromatic rings. The summed E-state index contributed by atoms with van der Waals surface area (Å²) in [7, 11) is -3.52. The molecule has 9 nitrogen and oxygen atoms in total. The molecule has 2 spiro atoms. The Labute approximate surface area is 317 Å². The molecule has 18 heteroatoms. The molecule has 304 valence electrons. The van der Waals surface area contributed by atoms with Gasteiger partial charge in [-0.1, -0.05) is 12.1 Å². The van der Waals surface area contributed by atoms with E-state index in [1.54, 1.807) is 12.1 Å². The molecule has 2 aliphatic carbocycles. The molecule has 0 unspecified atom stereocenters. The predicted octanol–water partition coefficient (Wildman–Crippen LogP) is 6.90. The van der Waals surface area contributed by atoms with Gasteiger partial charge in [0.1, 0.15) is 27.0 Å². The van der Waals surface area contributed by atoms with Crippen molar-refractivity contribution in [2.24, 2.45) is 0 Å². The third kappa shape index (κ3) is 9.32. The van der Waals surface area contributed by atoms with Gasteiger partial charge in [0.05, 0.1) is 30.8 Å². The Kier molecular flexibility index (Phi) is 11.0. The average molecular weight is 818 g/mol. The van der Waals surface area contributed by atoms with Gasteiger partial charge in [0.15, 0.2) is 11.6 Å². The van der Waals surface area contributed by atoms with Gasteiger partial charge < -0.3 is 25.4 Å². The molecule has 1 saturated carbocycles. The minimum absolute atomic E-state index is 0.000490. The molecule has 56 heavy (non-hydrogen) atoms. The van der Waals surface area contributed by atoms with Crippen LogP contribution < -0.4 is 20.3 Å². The van der Waals surface area contributed by atoms with Crippen molar-refractivity contribution in [3.05, 3.63) is 88.7 Å². The molecule has 0 bridgehead atoms. The number of carbonyl (C=O) groups excluding carboxylic acids is 1. The zero-order chi connectivity index (χ0) is 40.8. The third-order valence-electron chi connectivity index (χ3n) is 10.8. The number of sulfone groups is 1. The number of alkyl halides is 5. The van der Waals surface area contributed by atoms with Gasteiger partial charge in [-0.2, -0.15) is 13.2 Å². The van der Waals surface area contributed by atoms with Crippen molar-refractivity contribution in [2.45, 2.75) is 80.0 Å². The number of hydrogen-bond donors (Lipinski definition) is 3. The Morgan fingerprint density at radius 2 is 1.68 bits per heavy atom. The second-order valence-electron chi connectivity index (χ2n) is 15.2. The summed E-state index contributed by atoms with van der Waals surface area (Å²) in [4.78, 5) is 24.5. The van der Waals surface area contributed by atoms with Crippen molar-refractivity contribution in [3.63, 3.8) is 0 Å². The molecule has 3 aromatic carbocycles. The van der Waals surface area contributed by atoms with E-state index in [1.807, 2.05) is 18.2 Å². The predicted molar refractivity (Wildman–Crippen MR) is 189 cm³/mol. The number of ether oxygens (including phenoxy) is 1. The number of rotatable bonds is 8. The number of piperidine rings is 1. The lowest BCUT2D eigenvalue weighted by atomic mass is 9.73. The van der Waals surface area contributed by atoms with Crippen molar-refractivity contribution in [3.8, 4) is 5.75 Å². The molecule has 0 aromatic heterocycles. The standard InChI is InChI=1S/C36H38F5N3O4S.C2HF3O2/c1-49(46,47)18-25(12-22-2-6-29(38)30(39)13-22)43-33(45)14-23-17-34(28-15-24(37)3-5-27(23)28)8-10-44(11-9-34)26-4-7-31-32(16-26)48-35(21-42-31)19-36(40,41)20-35;3-2(4,5)1(6)7/h2-7,13,15-16,23,25,42H,8-12,14,17-21H2,1H3,(H,43,45);(H,6,7)/t23-,25-;/m1./s1. The summed E-state index contributed by atoms with van der Waals surface area (Å²) in [5, 5.41) is 13.2. The van der Waals surface area contributed by atoms with Gasteiger partial charge in [0.2, 0.25) is 5.91 Å². The molecule has 3 N–H and O–H groups in total. The van der Waals surface area contributed by atoms with Gasteiger partial charge in [-0.05, 0) is 90.1 Å². The number of anilines is 2. The monoisotopic (exact) mass is 817 g/mol. The zero-order valence-electron chi connectivity index (χ0n) is 30.0. The highest BCUT2D eigenvalue weighted by atomic mass is 32.2. The smallest absolute Gasteiger partial charge is 0.483 e. The van der Waals surface area contributed by atoms with E-state index in [1.165, 1.54) is 12.1 Å². The first kappa shape index (κ1) is 41.0. The first-order valence-electron chi connectivity index (χ1n) is 17.8. The lowest BCUT2D eigenvalue weighted by Crippen LogP contribution is -2.60. The molecule has 2 aliphatic heterocycles. The summed E-state index contributed by atoms with van der Waals surface area (Å²) in [6, 6.07) is 12.9. The first-order chi connectivity index (χ1) is 26.0. The molecule has 4 aliphatic rings. The van der Waals surface area contributed by atoms with Gasteiger partial charge >= 0.3 is 12.1 Å². The highest BCUT2D eigenvalue weighted by Gasteiger charge is 2.59. The number of amides is 1. The molecule has 2 atom stereocenters. The zero-order valence-corrected chi connectivity index (χ0v) is 30.8. The van der Waals surface area contributed by atoms with E-state index in [2.05, 4.69) is 15.5 Å². The van der Waals surface area contributed by atoms with E-state index in [0.717, 1.165) is 40.9 Å². The van der Waals surface area contributed by atoms with Crippen LogP contribution in [0.15, 0.2) is 54.6 Å². The summed E-state index contributed by atoms with van der Waals surface area (Å²) in [6.07, 6.45) is -2.61. The number of halogens is 8. The maximum absolute atomic E-state index is 14.7. The van der Waals surface area contributed by atoms with Crippen LogP contribution in [0.1, 0.15) is 61.1 Å². The molecule has 7 rings (SSSR count). The van der Waals surface area contributed by atoms with E-state index < -0.39 is 51.2 Å². The number of nitrogens with zero attached hydrogens (tertiary/aromatic N) is 1. The largest absolute Gasteiger partial charge is 0.490 e. The molecule has 1 amide bonds. The fourth-order valence-corrected chi connectivity index (χ4v) is 9.35. The number of aliphatic carboxylic acids is 1. The van der Waals surface area contributed by atoms with Crippen molar-refractivity contribution in [2.75, 3.05) is 41.9 Å². The fraction of sp³-hybridized carbons (Fsp3) is 0.474. The molecular weight excluding hydrogens is 778 g/mol. The highest BCUT2D eigenvalue weighted by molar-refractivity contribution is 7.90. The Morgan fingerprint density at radius 1 is 1.00 bits per heavy atom. The Balaban J connectivity index is 0.000000695. The lowest BCUT2D eigenvalue weighted by molar-refractivity contribution is -0.192. The molecular formula is C38H39F8N3O6S. The average Bonchev–Trinajstić information content (AvgIpc) is 3.35. The molecule has 2 fully saturated rings. The summed E-state index contributed by atoms with van der Waals surface area (Å²) in [5.41, 5.74) is 2.53. The van der Waals surface area contributed by atoms with Crippen molar-refractivity contribution >= 4 is 33.1 Å². The lowest BCUT2D eigenvalue weighted by Gasteiger charge is -2.49. The van der Waals surface area contributed by atoms with E-state index >= 15 is 0 Å². The van der Waals surface area contributed by atoms with Crippen molar-refractivity contribution in [1.82, 2.24) is 5.32 Å². The normalized spacial score (nSPS) is 20.7. The highest BCUT2D eigenvalue weighted by Crippen LogP contribution is 2.54. The van der Waals surface area contributed by atoms with Gasteiger partial charge in [0, 0.05) is 43.6 Å². The fourth-order valence-electron chi connectivity index (χ4n) is 8.41. The molecule has 2 heterocycles. The van der Waals surface area contributed by atoms with E-state index in [-0.39, 0.29) is 54.5 Å². The molecule has 0 radical (unpaired) electrons. The van der Waals surface area contributed by atoms with Crippen LogP contribution in [0.4, 0.5) is 46.5 Å². The summed E-state index contributed by atoms with van der Waals surface area (Å²) in [5.74, 6) is -8.34. The number of fused-ring (bicyclic) bond motifs is 3. The number of carbonyl (C=O) groups is 2. The second kappa shape index (κ2) is 15.0. The molecule has 1 saturated heterocycles. The van der Waals surface area contributed by atoms with Gasteiger partial charge in [0.25, 0.3) is 5.92 Å². The Bertz CT molecular complexity index is 2100. The summed E-state index contributed by atoms with van der Waals surface area (Å²) in [6.45, 7) is 1.63. The van der Waals surface area contributed by atoms with Gasteiger partial charge in [-0.15, -0.1) is 0 Å². The number of carboxylic acid groups (broad SMARTS) is 1. The number of benzene rings is 3. The number of carboxylic acids is 1. The van der Waals surface area contributed by atoms with E-state index in [9.17, 15) is 48.3 Å². The van der Waals surface area contributed by atoms with E-state index in [0.29, 0.717) is 50.2 Å². The van der Waals surface area contributed by atoms with Gasteiger partial charge in [-0.25, -0.2) is 35.2 Å². The topological polar surface area (TPSA) is 125 Å². The SMILES string of the molecule is CS(=O)(=O)C[C@@H](Cc1ccc(F)c(F)c1)NC(=O)C[C@@H]1CC2(CCN(c3ccc4c(c3)OC3(CN4)CC(F)(F)C3)CC2)c2cc(F)ccc21.O=C(O)C(F)(F)F. The van der Waals surface area contributed by atoms with Crippen LogP contribution >= 0.6 is 0 Å². The number of hydrogen-bond acceptors (Lipinski definition) is 7. The Hall–Kier alpha value is -4.61. The van der Waals surface area contributed by atoms with Crippen LogP contribution in [-0.2, 0) is 31.3 Å². The maximum atomic E-state index is 14.7. The van der Waals surface area contributed by atoms with Crippen LogP contribution in [-0.4, -0.2) is 80.8 Å². The second-order valence-corrected chi connectivity index (χ2v) is 17.4. The van der Waals surface area contributed by atoms with Gasteiger partial charge in [-0.3, -0.25) is 4.79 Å². The van der Waals surface area contributed by atoms with Crippen LogP contribution in [0.3, 0.4) is 0 Å². The minimum atomic E-state index is -5.08. The Morgan fingerprint density at radius 3 is 2.29 bits per heavy atom. The van der Waals surface area contributed by atoms with Crippen LogP contribution in [0.5, 0.6) is 5.75 Å². The van der Waals surface area contributed by atoms with Crippen LogP contribution in [0.25, 0.3) is 0 Å². The third-order valence-corrected chi connectivity index (χ3v) is 11.8. The summed E-state index contributed by atoms with van der Waals surface area (Å²) < 4.78 is 132. The first-order valence-corrected chi connectivity index (χ1v) is 19.8. The quantitative estimate of drug-likeness (QED) is 0.210. The number of nitrogens with one attached hydrogen (secondary N) is 2. The van der Waals surface area contributed by atoms with Crippen LogP contribution in [0.2, 0.25) is 0 Å². The maximum Gasteiger partial charge on any atom is 0.490 e. The summed E-state index contributed by atoms with van der Waals surface area (Å²) >= 11 is 0. The van der Waals surface area contributed by atoms with Crippen molar-refractivity contribution in [1.29, 1.82) is 0 Å².